The van der Waals surface area contributed by atoms with Gasteiger partial charge in [-0.15, -0.1) is 0 Å². The molecule has 1 aromatic heterocycles. The van der Waals surface area contributed by atoms with Gasteiger partial charge >= 0.3 is 0 Å². The topological polar surface area (TPSA) is 23.6 Å². The largest absolute Gasteiger partial charge is 0.304 e. The van der Waals surface area contributed by atoms with E-state index in [1.165, 1.54) is 0 Å². The minimum absolute atomic E-state index is 0.0158. The van der Waals surface area contributed by atoms with E-state index in [0.29, 0.717) is 0 Å². The van der Waals surface area contributed by atoms with Gasteiger partial charge in [0.1, 0.15) is 0 Å². The van der Waals surface area contributed by atoms with Crippen molar-refractivity contribution in [3.63, 3.8) is 0 Å². The second-order valence-corrected chi connectivity index (χ2v) is 5.27. The molecule has 0 saturated carbocycles. The van der Waals surface area contributed by atoms with Gasteiger partial charge in [0.2, 0.25) is 0 Å². The van der Waals surface area contributed by atoms with E-state index in [4.69, 9.17) is 0 Å². The first-order valence-electron chi connectivity index (χ1n) is 5.63. The Kier molecular flexibility index (Phi) is 3.74. The summed E-state index contributed by atoms with van der Waals surface area (Å²) in [5, 5.41) is 3.91. The highest BCUT2D eigenvalue weighted by atomic mass is 32.1. The number of likely N-dealkylation sites (N-methyl/N-ethyl adjacent to an activating group) is 2. The Morgan fingerprint density at radius 2 is 2.25 bits per heavy atom. The molecule has 16 heavy (non-hydrogen) atoms. The van der Waals surface area contributed by atoms with Crippen molar-refractivity contribution in [2.24, 2.45) is 0 Å². The molecule has 1 atom stereocenters. The fourth-order valence-electron chi connectivity index (χ4n) is 2.15. The van der Waals surface area contributed by atoms with Crippen LogP contribution < -0.4 is 0 Å². The van der Waals surface area contributed by atoms with Crippen molar-refractivity contribution >= 4 is 17.1 Å². The van der Waals surface area contributed by atoms with Crippen LogP contribution in [-0.4, -0.2) is 55.4 Å². The van der Waals surface area contributed by atoms with Crippen LogP contribution in [0, 0.1) is 0 Å². The minimum Gasteiger partial charge on any atom is -0.304 e. The third-order valence-electron chi connectivity index (χ3n) is 3.18. The summed E-state index contributed by atoms with van der Waals surface area (Å²) in [6.07, 6.45) is 1.14. The summed E-state index contributed by atoms with van der Waals surface area (Å²) in [4.78, 5) is 16.7. The number of thiophene rings is 1. The predicted octanol–water partition coefficient (Wildman–Crippen LogP) is 1.57. The third kappa shape index (κ3) is 2.51. The molecule has 1 fully saturated rings. The lowest BCUT2D eigenvalue weighted by molar-refractivity contribution is 0.0840. The molecular formula is C12H18N2OS. The van der Waals surface area contributed by atoms with Gasteiger partial charge in [-0.05, 0) is 45.1 Å². The molecule has 0 radical (unpaired) electrons. The Hall–Kier alpha value is -0.710. The Bertz CT molecular complexity index is 350. The molecule has 0 aromatic carbocycles. The fourth-order valence-corrected chi connectivity index (χ4v) is 2.80. The number of hydrogen-bond donors (Lipinski definition) is 0. The lowest BCUT2D eigenvalue weighted by Gasteiger charge is -2.25. The molecule has 2 rings (SSSR count). The highest BCUT2D eigenvalue weighted by molar-refractivity contribution is 7.08. The lowest BCUT2D eigenvalue weighted by atomic mass is 10.1. The fraction of sp³-hybridized carbons (Fsp3) is 0.583. The Labute approximate surface area is 101 Å². The number of carbonyl (C=O) groups excluding carboxylic acids is 1. The second-order valence-electron chi connectivity index (χ2n) is 4.49. The van der Waals surface area contributed by atoms with Crippen LogP contribution in [0.25, 0.3) is 0 Å². The van der Waals surface area contributed by atoms with E-state index >= 15 is 0 Å². The van der Waals surface area contributed by atoms with Gasteiger partial charge in [0.05, 0.1) is 6.04 Å². The van der Waals surface area contributed by atoms with E-state index in [1.54, 1.807) is 11.3 Å². The minimum atomic E-state index is 0.0158. The molecule has 1 saturated heterocycles. The van der Waals surface area contributed by atoms with Crippen LogP contribution in [0.5, 0.6) is 0 Å². The van der Waals surface area contributed by atoms with Gasteiger partial charge in [0.25, 0.3) is 0 Å². The average Bonchev–Trinajstić information content (AvgIpc) is 2.72. The maximum absolute atomic E-state index is 12.3. The molecule has 0 spiro atoms. The predicted molar refractivity (Wildman–Crippen MR) is 67.2 cm³/mol. The molecule has 0 amide bonds. The Balaban J connectivity index is 2.14. The number of rotatable bonds is 2. The maximum Gasteiger partial charge on any atom is 0.182 e. The summed E-state index contributed by atoms with van der Waals surface area (Å²) < 4.78 is 0. The Morgan fingerprint density at radius 3 is 2.94 bits per heavy atom. The van der Waals surface area contributed by atoms with Gasteiger partial charge < -0.3 is 4.90 Å². The van der Waals surface area contributed by atoms with Crippen molar-refractivity contribution in [3.05, 3.63) is 22.4 Å². The number of hydrogen-bond acceptors (Lipinski definition) is 4. The number of ketones is 1. The van der Waals surface area contributed by atoms with E-state index in [2.05, 4.69) is 16.8 Å². The SMILES string of the molecule is CN1CCCN(C)C(C(=O)c2ccsc2)C1. The lowest BCUT2D eigenvalue weighted by Crippen LogP contribution is -2.43. The quantitative estimate of drug-likeness (QED) is 0.731. The zero-order valence-electron chi connectivity index (χ0n) is 9.85. The molecular weight excluding hydrogens is 220 g/mol. The van der Waals surface area contributed by atoms with E-state index in [-0.39, 0.29) is 11.8 Å². The summed E-state index contributed by atoms with van der Waals surface area (Å²) in [6.45, 7) is 2.92. The Morgan fingerprint density at radius 1 is 1.44 bits per heavy atom. The van der Waals surface area contributed by atoms with Gasteiger partial charge in [-0.1, -0.05) is 0 Å². The summed E-state index contributed by atoms with van der Waals surface area (Å²) >= 11 is 1.59. The highest BCUT2D eigenvalue weighted by Crippen LogP contribution is 2.15. The van der Waals surface area contributed by atoms with Crippen LogP contribution in [-0.2, 0) is 0 Å². The molecule has 0 N–H and O–H groups in total. The molecule has 1 unspecified atom stereocenters. The van der Waals surface area contributed by atoms with E-state index in [1.807, 2.05) is 23.9 Å². The third-order valence-corrected chi connectivity index (χ3v) is 3.86. The zero-order chi connectivity index (χ0) is 11.5. The molecule has 1 aliphatic heterocycles. The van der Waals surface area contributed by atoms with Crippen LogP contribution in [0.1, 0.15) is 16.8 Å². The van der Waals surface area contributed by atoms with Crippen molar-refractivity contribution in [1.82, 2.24) is 9.80 Å². The second kappa shape index (κ2) is 5.08. The first-order chi connectivity index (χ1) is 7.68. The number of Topliss-reactive ketones (excluding diaryl/α,β-unsaturated/α-hetero) is 1. The monoisotopic (exact) mass is 238 g/mol. The van der Waals surface area contributed by atoms with Gasteiger partial charge in [-0.3, -0.25) is 9.69 Å². The van der Waals surface area contributed by atoms with E-state index in [9.17, 15) is 4.79 Å². The van der Waals surface area contributed by atoms with Crippen LogP contribution in [0.3, 0.4) is 0 Å². The number of nitrogens with zero attached hydrogens (tertiary/aromatic N) is 2. The molecule has 4 heteroatoms. The van der Waals surface area contributed by atoms with Gasteiger partial charge in [0, 0.05) is 17.5 Å². The van der Waals surface area contributed by atoms with Gasteiger partial charge in [-0.2, -0.15) is 11.3 Å². The van der Waals surface area contributed by atoms with Gasteiger partial charge in [-0.25, -0.2) is 0 Å². The molecule has 1 aromatic rings. The summed E-state index contributed by atoms with van der Waals surface area (Å²) in [6, 6.07) is 1.94. The molecule has 0 bridgehead atoms. The number of carbonyl (C=O) groups is 1. The molecule has 88 valence electrons. The van der Waals surface area contributed by atoms with Crippen molar-refractivity contribution in [1.29, 1.82) is 0 Å². The summed E-state index contributed by atoms with van der Waals surface area (Å²) in [5.41, 5.74) is 0.858. The molecule has 3 nitrogen and oxygen atoms in total. The van der Waals surface area contributed by atoms with Crippen LogP contribution in [0.4, 0.5) is 0 Å². The van der Waals surface area contributed by atoms with Crippen LogP contribution in [0.15, 0.2) is 16.8 Å². The first-order valence-corrected chi connectivity index (χ1v) is 6.58. The molecule has 0 aliphatic carbocycles. The summed E-state index contributed by atoms with van der Waals surface area (Å²) in [7, 11) is 4.14. The molecule has 1 aliphatic rings. The highest BCUT2D eigenvalue weighted by Gasteiger charge is 2.27. The average molecular weight is 238 g/mol. The smallest absolute Gasteiger partial charge is 0.182 e. The van der Waals surface area contributed by atoms with E-state index < -0.39 is 0 Å². The van der Waals surface area contributed by atoms with Crippen molar-refractivity contribution in [3.8, 4) is 0 Å². The van der Waals surface area contributed by atoms with Crippen LogP contribution >= 0.6 is 11.3 Å². The van der Waals surface area contributed by atoms with Crippen molar-refractivity contribution in [2.75, 3.05) is 33.7 Å². The first kappa shape index (κ1) is 11.8. The van der Waals surface area contributed by atoms with Crippen molar-refractivity contribution in [2.45, 2.75) is 12.5 Å². The normalized spacial score (nSPS) is 24.2. The summed E-state index contributed by atoms with van der Waals surface area (Å²) in [5.74, 6) is 0.262. The van der Waals surface area contributed by atoms with Gasteiger partial charge in [0.15, 0.2) is 5.78 Å². The van der Waals surface area contributed by atoms with Crippen molar-refractivity contribution < 1.29 is 4.79 Å². The maximum atomic E-state index is 12.3. The standard InChI is InChI=1S/C12H18N2OS/c1-13-5-3-6-14(2)11(8-13)12(15)10-4-7-16-9-10/h4,7,9,11H,3,5-6,8H2,1-2H3. The molecule has 2 heterocycles. The van der Waals surface area contributed by atoms with E-state index in [0.717, 1.165) is 31.6 Å². The zero-order valence-corrected chi connectivity index (χ0v) is 10.7. The van der Waals surface area contributed by atoms with Crippen LogP contribution in [0.2, 0.25) is 0 Å².